The van der Waals surface area contributed by atoms with Crippen LogP contribution in [0.4, 0.5) is 0 Å². The lowest BCUT2D eigenvalue weighted by atomic mass is 9.97. The Hall–Kier alpha value is -1.44. The zero-order valence-corrected chi connectivity index (χ0v) is 6.54. The van der Waals surface area contributed by atoms with E-state index in [0.717, 1.165) is 24.0 Å². The van der Waals surface area contributed by atoms with Gasteiger partial charge in [-0.2, -0.15) is 0 Å². The second kappa shape index (κ2) is 2.55. The van der Waals surface area contributed by atoms with Gasteiger partial charge in [0.2, 0.25) is 0 Å². The Kier molecular flexibility index (Phi) is 1.54. The molecule has 61 valence electrons. The maximum Gasteiger partial charge on any atom is 0.158 e. The van der Waals surface area contributed by atoms with Gasteiger partial charge in [-0.25, -0.2) is 0 Å². The molecule has 1 aliphatic carbocycles. The Morgan fingerprint density at radius 1 is 1.17 bits per heavy atom. The van der Waals surface area contributed by atoms with Gasteiger partial charge in [-0.15, -0.1) is 0 Å². The number of rotatable bonds is 0. The van der Waals surface area contributed by atoms with Crippen LogP contribution in [0.2, 0.25) is 0 Å². The van der Waals surface area contributed by atoms with E-state index >= 15 is 0 Å². The average Bonchev–Trinajstić information content (AvgIpc) is 2.07. The summed E-state index contributed by atoms with van der Waals surface area (Å²) in [6.45, 7) is 0. The van der Waals surface area contributed by atoms with Gasteiger partial charge in [0.05, 0.1) is 0 Å². The molecule has 0 bridgehead atoms. The quantitative estimate of drug-likeness (QED) is 0.570. The van der Waals surface area contributed by atoms with Crippen molar-refractivity contribution < 1.29 is 10.2 Å². The third-order valence-corrected chi connectivity index (χ3v) is 2.03. The Morgan fingerprint density at radius 3 is 2.75 bits per heavy atom. The molecule has 0 saturated carbocycles. The van der Waals surface area contributed by atoms with Gasteiger partial charge in [0, 0.05) is 0 Å². The molecule has 2 heteroatoms. The number of fused-ring (bicyclic) bond motifs is 1. The molecule has 0 atom stereocenters. The van der Waals surface area contributed by atoms with Crippen molar-refractivity contribution in [3.05, 3.63) is 29.3 Å². The van der Waals surface area contributed by atoms with Gasteiger partial charge < -0.3 is 10.2 Å². The summed E-state index contributed by atoms with van der Waals surface area (Å²) in [6.07, 6.45) is 6.69. The molecule has 1 aromatic carbocycles. The minimum Gasteiger partial charge on any atom is -0.504 e. The maximum absolute atomic E-state index is 9.19. The lowest BCUT2D eigenvalue weighted by Gasteiger charge is -2.10. The van der Waals surface area contributed by atoms with Crippen LogP contribution < -0.4 is 0 Å². The topological polar surface area (TPSA) is 40.5 Å². The van der Waals surface area contributed by atoms with Crippen LogP contribution in [0.1, 0.15) is 17.5 Å². The molecule has 0 unspecified atom stereocenters. The zero-order valence-electron chi connectivity index (χ0n) is 6.54. The van der Waals surface area contributed by atoms with E-state index in [9.17, 15) is 10.2 Å². The van der Waals surface area contributed by atoms with E-state index in [1.807, 2.05) is 6.08 Å². The van der Waals surface area contributed by atoms with Gasteiger partial charge in [0.25, 0.3) is 0 Å². The first-order chi connectivity index (χ1) is 5.77. The number of phenols is 2. The molecule has 0 aromatic heterocycles. The van der Waals surface area contributed by atoms with Crippen LogP contribution in [-0.2, 0) is 6.42 Å². The van der Waals surface area contributed by atoms with Crippen LogP contribution in [0.5, 0.6) is 11.5 Å². The van der Waals surface area contributed by atoms with Gasteiger partial charge in [-0.1, -0.05) is 6.08 Å². The number of hydrogen-bond acceptors (Lipinski definition) is 2. The standard InChI is InChI=1S/C10H9O2/c11-9-5-7-3-1-2-4-8(7)6-10(9)12/h4-6,11-12H,1,3H2. The highest BCUT2D eigenvalue weighted by atomic mass is 16.3. The fourth-order valence-corrected chi connectivity index (χ4v) is 1.38. The van der Waals surface area contributed by atoms with E-state index in [1.54, 1.807) is 12.1 Å². The summed E-state index contributed by atoms with van der Waals surface area (Å²) in [7, 11) is 0. The predicted octanol–water partition coefficient (Wildman–Crippen LogP) is 1.86. The smallest absolute Gasteiger partial charge is 0.158 e. The molecule has 12 heavy (non-hydrogen) atoms. The summed E-state index contributed by atoms with van der Waals surface area (Å²) >= 11 is 0. The molecule has 2 rings (SSSR count). The molecule has 1 aromatic rings. The fraction of sp³-hybridized carbons (Fsp3) is 0.200. The largest absolute Gasteiger partial charge is 0.504 e. The third kappa shape index (κ3) is 1.05. The highest BCUT2D eigenvalue weighted by Gasteiger charge is 2.08. The first-order valence-corrected chi connectivity index (χ1v) is 3.89. The summed E-state index contributed by atoms with van der Waals surface area (Å²) in [5.41, 5.74) is 2.03. The van der Waals surface area contributed by atoms with Crippen molar-refractivity contribution in [3.63, 3.8) is 0 Å². The van der Waals surface area contributed by atoms with E-state index in [4.69, 9.17) is 0 Å². The maximum atomic E-state index is 9.19. The summed E-state index contributed by atoms with van der Waals surface area (Å²) in [6, 6.07) is 3.18. The Balaban J connectivity index is 2.58. The molecule has 0 saturated heterocycles. The summed E-state index contributed by atoms with van der Waals surface area (Å²) in [5.74, 6) is -0.0993. The molecule has 0 heterocycles. The van der Waals surface area contributed by atoms with Gasteiger partial charge >= 0.3 is 0 Å². The first-order valence-electron chi connectivity index (χ1n) is 3.89. The Morgan fingerprint density at radius 2 is 1.92 bits per heavy atom. The second-order valence-electron chi connectivity index (χ2n) is 2.89. The highest BCUT2D eigenvalue weighted by molar-refractivity contribution is 5.60. The zero-order chi connectivity index (χ0) is 8.55. The van der Waals surface area contributed by atoms with Crippen LogP contribution >= 0.6 is 0 Å². The number of benzene rings is 1. The van der Waals surface area contributed by atoms with Crippen LogP contribution in [0.15, 0.2) is 12.1 Å². The molecule has 2 nitrogen and oxygen atoms in total. The Labute approximate surface area is 70.8 Å². The lowest BCUT2D eigenvalue weighted by molar-refractivity contribution is 0.403. The normalized spacial score (nSPS) is 14.3. The molecule has 0 aliphatic heterocycles. The van der Waals surface area contributed by atoms with E-state index in [2.05, 4.69) is 6.08 Å². The van der Waals surface area contributed by atoms with Crippen molar-refractivity contribution in [1.29, 1.82) is 0 Å². The van der Waals surface area contributed by atoms with Crippen molar-refractivity contribution in [2.45, 2.75) is 12.8 Å². The molecular weight excluding hydrogens is 152 g/mol. The number of allylic oxidation sites excluding steroid dienone is 1. The van der Waals surface area contributed by atoms with Gasteiger partial charge in [-0.3, -0.25) is 0 Å². The molecule has 2 N–H and O–H groups in total. The highest BCUT2D eigenvalue weighted by Crippen LogP contribution is 2.31. The van der Waals surface area contributed by atoms with Crippen molar-refractivity contribution in [1.82, 2.24) is 0 Å². The number of aryl methyl sites for hydroxylation is 1. The molecule has 1 aliphatic rings. The number of phenolic OH excluding ortho intramolecular Hbond substituents is 2. The monoisotopic (exact) mass is 161 g/mol. The fourth-order valence-electron chi connectivity index (χ4n) is 1.38. The Bertz CT molecular complexity index is 340. The van der Waals surface area contributed by atoms with E-state index in [0.29, 0.717) is 0 Å². The van der Waals surface area contributed by atoms with Crippen LogP contribution in [0.25, 0.3) is 6.08 Å². The van der Waals surface area contributed by atoms with E-state index in [-0.39, 0.29) is 11.5 Å². The van der Waals surface area contributed by atoms with Crippen LogP contribution in [-0.4, -0.2) is 10.2 Å². The second-order valence-corrected chi connectivity index (χ2v) is 2.89. The summed E-state index contributed by atoms with van der Waals surface area (Å²) in [5, 5.41) is 18.4. The van der Waals surface area contributed by atoms with Crippen molar-refractivity contribution in [2.24, 2.45) is 0 Å². The van der Waals surface area contributed by atoms with E-state index in [1.165, 1.54) is 0 Å². The van der Waals surface area contributed by atoms with Crippen LogP contribution in [0.3, 0.4) is 0 Å². The average molecular weight is 161 g/mol. The number of hydrogen-bond donors (Lipinski definition) is 2. The number of aromatic hydroxyl groups is 2. The minimum absolute atomic E-state index is 0.0379. The lowest BCUT2D eigenvalue weighted by Crippen LogP contribution is -1.93. The molecular formula is C10H9O2. The summed E-state index contributed by atoms with van der Waals surface area (Å²) in [4.78, 5) is 0. The molecule has 0 fully saturated rings. The van der Waals surface area contributed by atoms with Crippen LogP contribution in [0, 0.1) is 6.08 Å². The summed E-state index contributed by atoms with van der Waals surface area (Å²) < 4.78 is 0. The molecule has 1 radical (unpaired) electrons. The predicted molar refractivity (Wildman–Crippen MR) is 45.8 cm³/mol. The van der Waals surface area contributed by atoms with E-state index < -0.39 is 0 Å². The SMILES string of the molecule is Oc1cc2c(cc1O)CC[C]=C2. The van der Waals surface area contributed by atoms with Gasteiger partial charge in [0.1, 0.15) is 0 Å². The minimum atomic E-state index is -0.0614. The molecule has 0 spiro atoms. The third-order valence-electron chi connectivity index (χ3n) is 2.03. The van der Waals surface area contributed by atoms with Crippen molar-refractivity contribution >= 4 is 6.08 Å². The van der Waals surface area contributed by atoms with Crippen molar-refractivity contribution in [3.8, 4) is 11.5 Å². The van der Waals surface area contributed by atoms with Gasteiger partial charge in [-0.05, 0) is 42.2 Å². The van der Waals surface area contributed by atoms with Gasteiger partial charge in [0.15, 0.2) is 11.5 Å². The first kappa shape index (κ1) is 7.22. The van der Waals surface area contributed by atoms with Crippen molar-refractivity contribution in [2.75, 3.05) is 0 Å². The molecule has 0 amide bonds.